The van der Waals surface area contributed by atoms with Crippen LogP contribution in [0.25, 0.3) is 0 Å². The lowest BCUT2D eigenvalue weighted by molar-refractivity contribution is 0.486. The summed E-state index contributed by atoms with van der Waals surface area (Å²) in [7, 11) is -13.7. The summed E-state index contributed by atoms with van der Waals surface area (Å²) in [6.45, 7) is 0. The summed E-state index contributed by atoms with van der Waals surface area (Å²) in [6, 6.07) is 7.03. The van der Waals surface area contributed by atoms with Crippen LogP contribution in [0.5, 0.6) is 5.75 Å². The highest BCUT2D eigenvalue weighted by molar-refractivity contribution is 8.22. The Morgan fingerprint density at radius 3 is 1.63 bits per heavy atom. The highest BCUT2D eigenvalue weighted by Gasteiger charge is 2.45. The monoisotopic (exact) mass is 328 g/mol. The zero-order chi connectivity index (χ0) is 14.9. The minimum Gasteiger partial charge on any atom is -0.381 e. The summed E-state index contributed by atoms with van der Waals surface area (Å²) in [5, 5.41) is 0. The molecule has 1 rings (SSSR count). The third kappa shape index (κ3) is 4.18. The third-order valence-electron chi connectivity index (χ3n) is 1.89. The molecule has 7 nitrogen and oxygen atoms in total. The van der Waals surface area contributed by atoms with Crippen molar-refractivity contribution in [2.24, 2.45) is 0 Å². The number of hydrogen-bond acceptors (Lipinski definition) is 7. The average Bonchev–Trinajstić information content (AvgIpc) is 2.11. The molecule has 0 aliphatic rings. The van der Waals surface area contributed by atoms with Crippen LogP contribution in [0.1, 0.15) is 0 Å². The van der Waals surface area contributed by atoms with Gasteiger partial charge in [0.1, 0.15) is 5.75 Å². The van der Waals surface area contributed by atoms with Crippen LogP contribution in [0.2, 0.25) is 0 Å². The second kappa shape index (κ2) is 5.10. The summed E-state index contributed by atoms with van der Waals surface area (Å²) < 4.78 is 71.0. The van der Waals surface area contributed by atoms with Crippen molar-refractivity contribution in [2.45, 2.75) is 3.91 Å². The number of hydrogen-bond donors (Lipinski definition) is 0. The van der Waals surface area contributed by atoms with Gasteiger partial charge in [-0.25, -0.2) is 16.8 Å². The highest BCUT2D eigenvalue weighted by atomic mass is 32.3. The first-order chi connectivity index (χ1) is 8.44. The van der Waals surface area contributed by atoms with Crippen LogP contribution >= 0.6 is 0 Å². The van der Waals surface area contributed by atoms with Gasteiger partial charge in [-0.2, -0.15) is 8.42 Å². The molecule has 108 valence electrons. The molecule has 0 unspecified atom stereocenters. The Hall–Kier alpha value is -1.13. The van der Waals surface area contributed by atoms with Crippen LogP contribution in [-0.2, 0) is 29.8 Å². The van der Waals surface area contributed by atoms with Gasteiger partial charge in [0.15, 0.2) is 19.7 Å². The average molecular weight is 328 g/mol. The molecule has 0 aliphatic heterocycles. The molecule has 10 heteroatoms. The van der Waals surface area contributed by atoms with Crippen molar-refractivity contribution in [3.63, 3.8) is 0 Å². The van der Waals surface area contributed by atoms with Gasteiger partial charge in [-0.3, -0.25) is 0 Å². The van der Waals surface area contributed by atoms with Gasteiger partial charge in [0.05, 0.1) is 0 Å². The summed E-state index contributed by atoms with van der Waals surface area (Å²) in [5.74, 6) is -0.167. The smallest absolute Gasteiger partial charge is 0.341 e. The molecule has 0 heterocycles. The molecule has 1 aromatic rings. The number of rotatable bonds is 5. The molecule has 0 fully saturated rings. The van der Waals surface area contributed by atoms with Crippen molar-refractivity contribution < 1.29 is 29.4 Å². The molecule has 0 saturated heterocycles. The van der Waals surface area contributed by atoms with Gasteiger partial charge in [0.25, 0.3) is 3.91 Å². The van der Waals surface area contributed by atoms with E-state index in [9.17, 15) is 25.3 Å². The van der Waals surface area contributed by atoms with Crippen molar-refractivity contribution in [3.05, 3.63) is 30.3 Å². The van der Waals surface area contributed by atoms with Gasteiger partial charge in [-0.05, 0) is 12.1 Å². The van der Waals surface area contributed by atoms with Gasteiger partial charge >= 0.3 is 10.1 Å². The maximum atomic E-state index is 11.8. The van der Waals surface area contributed by atoms with Crippen LogP contribution in [0.15, 0.2) is 30.3 Å². The third-order valence-corrected chi connectivity index (χ3v) is 9.79. The predicted octanol–water partition coefficient (Wildman–Crippen LogP) is -0.232. The van der Waals surface area contributed by atoms with Gasteiger partial charge < -0.3 is 4.18 Å². The first kappa shape index (κ1) is 15.9. The molecule has 0 aliphatic carbocycles. The van der Waals surface area contributed by atoms with E-state index in [2.05, 4.69) is 4.18 Å². The summed E-state index contributed by atoms with van der Waals surface area (Å²) >= 11 is 0. The van der Waals surface area contributed by atoms with Crippen molar-refractivity contribution in [3.8, 4) is 5.75 Å². The highest BCUT2D eigenvalue weighted by Crippen LogP contribution is 2.20. The van der Waals surface area contributed by atoms with E-state index in [4.69, 9.17) is 0 Å². The minimum absolute atomic E-state index is 0.167. The van der Waals surface area contributed by atoms with Crippen LogP contribution in [0.3, 0.4) is 0 Å². The van der Waals surface area contributed by atoms with Crippen molar-refractivity contribution in [1.29, 1.82) is 0 Å². The van der Waals surface area contributed by atoms with E-state index < -0.39 is 33.7 Å². The van der Waals surface area contributed by atoms with Crippen LogP contribution in [0.4, 0.5) is 0 Å². The maximum Gasteiger partial charge on any atom is 0.341 e. The van der Waals surface area contributed by atoms with E-state index in [0.717, 1.165) is 0 Å². The molecule has 0 spiro atoms. The molecule has 0 aromatic heterocycles. The predicted molar refractivity (Wildman–Crippen MR) is 69.5 cm³/mol. The summed E-state index contributed by atoms with van der Waals surface area (Å²) in [4.78, 5) is 0. The molecule has 0 saturated carbocycles. The van der Waals surface area contributed by atoms with E-state index in [-0.39, 0.29) is 5.75 Å². The Balaban J connectivity index is 3.32. The molecular weight excluding hydrogens is 316 g/mol. The van der Waals surface area contributed by atoms with Crippen molar-refractivity contribution in [1.82, 2.24) is 0 Å². The van der Waals surface area contributed by atoms with Crippen molar-refractivity contribution in [2.75, 3.05) is 12.5 Å². The SMILES string of the molecule is CS(=O)(=O)C(S(C)(=O)=O)S(=O)(=O)Oc1ccccc1. The van der Waals surface area contributed by atoms with E-state index in [1.54, 1.807) is 6.07 Å². The Morgan fingerprint density at radius 1 is 0.842 bits per heavy atom. The molecule has 0 radical (unpaired) electrons. The van der Waals surface area contributed by atoms with Crippen LogP contribution < -0.4 is 4.18 Å². The molecule has 0 bridgehead atoms. The Kier molecular flexibility index (Phi) is 4.27. The Morgan fingerprint density at radius 2 is 1.26 bits per heavy atom. The van der Waals surface area contributed by atoms with E-state index in [1.165, 1.54) is 24.3 Å². The lowest BCUT2D eigenvalue weighted by atomic mass is 10.3. The fourth-order valence-corrected chi connectivity index (χ4v) is 8.05. The molecular formula is C9H12O7S3. The fraction of sp³-hybridized carbons (Fsp3) is 0.333. The summed E-state index contributed by atoms with van der Waals surface area (Å²) in [6.07, 6.45) is 1.04. The lowest BCUT2D eigenvalue weighted by Gasteiger charge is -2.14. The quantitative estimate of drug-likeness (QED) is 0.686. The second-order valence-corrected chi connectivity index (χ2v) is 10.6. The van der Waals surface area contributed by atoms with Crippen molar-refractivity contribution >= 4 is 29.8 Å². The van der Waals surface area contributed by atoms with E-state index in [1.807, 2.05) is 0 Å². The Bertz CT molecular complexity index is 713. The normalized spacial score (nSPS) is 13.4. The van der Waals surface area contributed by atoms with Crippen LogP contribution in [0, 0.1) is 0 Å². The molecule has 0 amide bonds. The van der Waals surface area contributed by atoms with E-state index >= 15 is 0 Å². The molecule has 0 N–H and O–H groups in total. The first-order valence-corrected chi connectivity index (χ1v) is 10.2. The maximum absolute atomic E-state index is 11.8. The largest absolute Gasteiger partial charge is 0.381 e. The molecule has 1 aromatic carbocycles. The number of sulfone groups is 2. The van der Waals surface area contributed by atoms with Gasteiger partial charge in [-0.15, -0.1) is 0 Å². The van der Waals surface area contributed by atoms with E-state index in [0.29, 0.717) is 12.5 Å². The van der Waals surface area contributed by atoms with Gasteiger partial charge in [0.2, 0.25) is 0 Å². The second-order valence-electron chi connectivity index (χ2n) is 3.84. The Labute approximate surface area is 112 Å². The fourth-order valence-electron chi connectivity index (χ4n) is 1.40. The topological polar surface area (TPSA) is 112 Å². The van der Waals surface area contributed by atoms with Crippen LogP contribution in [-0.4, -0.2) is 41.7 Å². The van der Waals surface area contributed by atoms with Gasteiger partial charge in [0, 0.05) is 12.5 Å². The molecule has 0 atom stereocenters. The number of benzene rings is 1. The zero-order valence-electron chi connectivity index (χ0n) is 10.0. The van der Waals surface area contributed by atoms with Gasteiger partial charge in [-0.1, -0.05) is 18.2 Å². The zero-order valence-corrected chi connectivity index (χ0v) is 12.5. The number of para-hydroxylation sites is 1. The lowest BCUT2D eigenvalue weighted by Crippen LogP contribution is -2.39. The standard InChI is InChI=1S/C9H12O7S3/c1-17(10,11)9(18(2,12)13)19(14,15)16-8-6-4-3-5-7-8/h3-7,9H,1-2H3. The molecule has 19 heavy (non-hydrogen) atoms. The summed E-state index contributed by atoms with van der Waals surface area (Å²) in [5.41, 5.74) is 0. The minimum atomic E-state index is -4.87. The first-order valence-electron chi connectivity index (χ1n) is 4.81.